The van der Waals surface area contributed by atoms with E-state index in [4.69, 9.17) is 5.73 Å². The second kappa shape index (κ2) is 7.28. The molecule has 0 saturated carbocycles. The number of amides is 1. The number of hydrogen-bond donors (Lipinski definition) is 2. The van der Waals surface area contributed by atoms with E-state index in [0.717, 1.165) is 12.0 Å². The molecular formula is C17H24N6O2. The zero-order valence-electron chi connectivity index (χ0n) is 14.4. The van der Waals surface area contributed by atoms with Crippen molar-refractivity contribution < 1.29 is 9.90 Å². The molecule has 3 rings (SSSR count). The van der Waals surface area contributed by atoms with Crippen LogP contribution in [-0.2, 0) is 12.1 Å². The fraction of sp³-hybridized carbons (Fsp3) is 0.529. The van der Waals surface area contributed by atoms with Gasteiger partial charge in [-0.1, -0.05) is 11.3 Å². The van der Waals surface area contributed by atoms with Crippen molar-refractivity contribution in [1.29, 1.82) is 0 Å². The zero-order chi connectivity index (χ0) is 17.9. The van der Waals surface area contributed by atoms with Crippen molar-refractivity contribution in [3.8, 4) is 0 Å². The maximum atomic E-state index is 12.6. The molecule has 0 bridgehead atoms. The van der Waals surface area contributed by atoms with Crippen LogP contribution in [0.4, 0.5) is 0 Å². The molecule has 0 radical (unpaired) electrons. The first-order valence-electron chi connectivity index (χ1n) is 8.57. The number of rotatable bonds is 5. The second-order valence-electron chi connectivity index (χ2n) is 6.55. The minimum atomic E-state index is -0.983. The first-order chi connectivity index (χ1) is 12.0. The van der Waals surface area contributed by atoms with Crippen molar-refractivity contribution in [3.63, 3.8) is 0 Å². The molecule has 0 aromatic carbocycles. The lowest BCUT2D eigenvalue weighted by Gasteiger charge is -2.37. The molecule has 1 amide bonds. The van der Waals surface area contributed by atoms with Gasteiger partial charge in [0, 0.05) is 25.8 Å². The van der Waals surface area contributed by atoms with Gasteiger partial charge in [0.1, 0.15) is 5.60 Å². The predicted molar refractivity (Wildman–Crippen MR) is 91.7 cm³/mol. The van der Waals surface area contributed by atoms with Crippen LogP contribution in [0.25, 0.3) is 0 Å². The van der Waals surface area contributed by atoms with Crippen molar-refractivity contribution in [3.05, 3.63) is 41.5 Å². The maximum absolute atomic E-state index is 12.6. The van der Waals surface area contributed by atoms with Crippen LogP contribution in [-0.4, -0.2) is 55.5 Å². The SMILES string of the molecule is Cc1ccc(C2(O)CCN(C(=O)c3cn(CCCN)nn3)CC2)nc1. The monoisotopic (exact) mass is 344 g/mol. The van der Waals surface area contributed by atoms with Crippen molar-refractivity contribution >= 4 is 5.91 Å². The van der Waals surface area contributed by atoms with E-state index in [0.29, 0.717) is 50.4 Å². The van der Waals surface area contributed by atoms with Gasteiger partial charge in [0.25, 0.3) is 5.91 Å². The van der Waals surface area contributed by atoms with Crippen LogP contribution in [0.5, 0.6) is 0 Å². The molecule has 0 unspecified atom stereocenters. The van der Waals surface area contributed by atoms with Gasteiger partial charge in [0.15, 0.2) is 5.69 Å². The van der Waals surface area contributed by atoms with Gasteiger partial charge < -0.3 is 15.7 Å². The lowest BCUT2D eigenvalue weighted by molar-refractivity contribution is -0.0245. The summed E-state index contributed by atoms with van der Waals surface area (Å²) >= 11 is 0. The zero-order valence-corrected chi connectivity index (χ0v) is 14.4. The number of aliphatic hydroxyl groups is 1. The number of aromatic nitrogens is 4. The van der Waals surface area contributed by atoms with Gasteiger partial charge in [0.2, 0.25) is 0 Å². The third-order valence-electron chi connectivity index (χ3n) is 4.62. The lowest BCUT2D eigenvalue weighted by Crippen LogP contribution is -2.45. The Labute approximate surface area is 146 Å². The summed E-state index contributed by atoms with van der Waals surface area (Å²) < 4.78 is 1.64. The number of piperidine rings is 1. The molecular weight excluding hydrogens is 320 g/mol. The number of carbonyl (C=O) groups excluding carboxylic acids is 1. The molecule has 1 fully saturated rings. The third-order valence-corrected chi connectivity index (χ3v) is 4.62. The van der Waals surface area contributed by atoms with Crippen molar-refractivity contribution in [2.45, 2.75) is 38.3 Å². The van der Waals surface area contributed by atoms with Crippen LogP contribution < -0.4 is 5.73 Å². The van der Waals surface area contributed by atoms with E-state index in [9.17, 15) is 9.90 Å². The number of hydrogen-bond acceptors (Lipinski definition) is 6. The van der Waals surface area contributed by atoms with Crippen molar-refractivity contribution in [2.75, 3.05) is 19.6 Å². The van der Waals surface area contributed by atoms with Crippen LogP contribution in [0.1, 0.15) is 41.0 Å². The molecule has 3 N–H and O–H groups in total. The Balaban J connectivity index is 1.62. The minimum absolute atomic E-state index is 0.155. The maximum Gasteiger partial charge on any atom is 0.276 e. The van der Waals surface area contributed by atoms with E-state index >= 15 is 0 Å². The highest BCUT2D eigenvalue weighted by molar-refractivity contribution is 5.92. The Kier molecular flexibility index (Phi) is 5.10. The number of aryl methyl sites for hydroxylation is 2. The normalized spacial score (nSPS) is 16.8. The van der Waals surface area contributed by atoms with Gasteiger partial charge in [-0.15, -0.1) is 5.10 Å². The van der Waals surface area contributed by atoms with E-state index < -0.39 is 5.60 Å². The van der Waals surface area contributed by atoms with Crippen molar-refractivity contribution in [1.82, 2.24) is 24.9 Å². The fourth-order valence-electron chi connectivity index (χ4n) is 3.00. The first kappa shape index (κ1) is 17.5. The molecule has 0 spiro atoms. The molecule has 8 nitrogen and oxygen atoms in total. The molecule has 0 atom stereocenters. The van der Waals surface area contributed by atoms with Crippen LogP contribution in [0.2, 0.25) is 0 Å². The third kappa shape index (κ3) is 3.85. The number of nitrogens with two attached hydrogens (primary N) is 1. The van der Waals surface area contributed by atoms with E-state index in [1.165, 1.54) is 0 Å². The van der Waals surface area contributed by atoms with E-state index in [1.54, 1.807) is 22.0 Å². The molecule has 134 valence electrons. The molecule has 3 heterocycles. The largest absolute Gasteiger partial charge is 0.383 e. The summed E-state index contributed by atoms with van der Waals surface area (Å²) in [6, 6.07) is 3.80. The van der Waals surface area contributed by atoms with Crippen LogP contribution in [0, 0.1) is 6.92 Å². The summed E-state index contributed by atoms with van der Waals surface area (Å²) in [6.45, 7) is 4.10. The predicted octanol–water partition coefficient (Wildman–Crippen LogP) is 0.454. The molecule has 0 aliphatic carbocycles. The average Bonchev–Trinajstić information content (AvgIpc) is 3.09. The smallest absolute Gasteiger partial charge is 0.276 e. The van der Waals surface area contributed by atoms with Gasteiger partial charge in [-0.25, -0.2) is 0 Å². The summed E-state index contributed by atoms with van der Waals surface area (Å²) in [5.74, 6) is -0.155. The molecule has 1 aliphatic heterocycles. The molecule has 1 saturated heterocycles. The Bertz CT molecular complexity index is 719. The van der Waals surface area contributed by atoms with Gasteiger partial charge in [-0.2, -0.15) is 0 Å². The van der Waals surface area contributed by atoms with Gasteiger partial charge in [0.05, 0.1) is 11.9 Å². The van der Waals surface area contributed by atoms with E-state index in [-0.39, 0.29) is 5.91 Å². The second-order valence-corrected chi connectivity index (χ2v) is 6.55. The van der Waals surface area contributed by atoms with Crippen LogP contribution >= 0.6 is 0 Å². The highest BCUT2D eigenvalue weighted by Crippen LogP contribution is 2.31. The lowest BCUT2D eigenvalue weighted by atomic mass is 9.87. The van der Waals surface area contributed by atoms with Gasteiger partial charge in [-0.05, 0) is 44.4 Å². The van der Waals surface area contributed by atoms with Gasteiger partial charge >= 0.3 is 0 Å². The topological polar surface area (TPSA) is 110 Å². The molecule has 1 aliphatic rings. The number of nitrogens with zero attached hydrogens (tertiary/aromatic N) is 5. The highest BCUT2D eigenvalue weighted by atomic mass is 16.3. The quantitative estimate of drug-likeness (QED) is 0.815. The van der Waals surface area contributed by atoms with Crippen LogP contribution in [0.15, 0.2) is 24.5 Å². The Morgan fingerprint density at radius 3 is 2.76 bits per heavy atom. The molecule has 2 aromatic heterocycles. The molecule has 8 heteroatoms. The Morgan fingerprint density at radius 1 is 1.36 bits per heavy atom. The Hall–Kier alpha value is -2.32. The van der Waals surface area contributed by atoms with Crippen LogP contribution in [0.3, 0.4) is 0 Å². The standard InChI is InChI=1S/C17H24N6O2/c1-13-3-4-15(19-11-13)17(25)5-9-22(10-6-17)16(24)14-12-23(21-20-14)8-2-7-18/h3-4,11-12,25H,2,5-10,18H2,1H3. The summed E-state index contributed by atoms with van der Waals surface area (Å²) in [4.78, 5) is 18.6. The van der Waals surface area contributed by atoms with E-state index in [2.05, 4.69) is 15.3 Å². The highest BCUT2D eigenvalue weighted by Gasteiger charge is 2.37. The summed E-state index contributed by atoms with van der Waals surface area (Å²) in [5.41, 5.74) is 6.54. The molecule has 2 aromatic rings. The molecule has 25 heavy (non-hydrogen) atoms. The Morgan fingerprint density at radius 2 is 2.12 bits per heavy atom. The summed E-state index contributed by atoms with van der Waals surface area (Å²) in [6.07, 6.45) is 5.11. The fourth-order valence-corrected chi connectivity index (χ4v) is 3.00. The summed E-state index contributed by atoms with van der Waals surface area (Å²) in [5, 5.41) is 18.8. The number of pyridine rings is 1. The van der Waals surface area contributed by atoms with E-state index in [1.807, 2.05) is 19.1 Å². The number of carbonyl (C=O) groups is 1. The first-order valence-corrected chi connectivity index (χ1v) is 8.57. The van der Waals surface area contributed by atoms with Crippen molar-refractivity contribution in [2.24, 2.45) is 5.73 Å². The van der Waals surface area contributed by atoms with Gasteiger partial charge in [-0.3, -0.25) is 14.5 Å². The summed E-state index contributed by atoms with van der Waals surface area (Å²) in [7, 11) is 0. The number of likely N-dealkylation sites (tertiary alicyclic amines) is 1. The average molecular weight is 344 g/mol. The minimum Gasteiger partial charge on any atom is -0.383 e.